The fraction of sp³-hybridized carbons (Fsp3) is 0.150. The first kappa shape index (κ1) is 16.8. The molecule has 1 aromatic carbocycles. The molecule has 0 fully saturated rings. The highest BCUT2D eigenvalue weighted by molar-refractivity contribution is 5.83. The first-order chi connectivity index (χ1) is 13.2. The van der Waals surface area contributed by atoms with Crippen LogP contribution in [-0.4, -0.2) is 33.4 Å². The summed E-state index contributed by atoms with van der Waals surface area (Å²) in [4.78, 5) is 31.9. The maximum absolute atomic E-state index is 12.4. The zero-order valence-corrected chi connectivity index (χ0v) is 14.6. The highest BCUT2D eigenvalue weighted by atomic mass is 16.2. The largest absolute Gasteiger partial charge is 0.370 e. The van der Waals surface area contributed by atoms with Crippen molar-refractivity contribution in [3.8, 4) is 0 Å². The van der Waals surface area contributed by atoms with Gasteiger partial charge in [-0.2, -0.15) is 0 Å². The quantitative estimate of drug-likeness (QED) is 0.489. The number of pyridine rings is 1. The molecule has 0 aliphatic heterocycles. The second kappa shape index (κ2) is 7.33. The van der Waals surface area contributed by atoms with Gasteiger partial charge in [0.1, 0.15) is 11.3 Å². The van der Waals surface area contributed by atoms with Crippen molar-refractivity contribution in [2.75, 3.05) is 18.4 Å². The Bertz CT molecular complexity index is 1160. The minimum Gasteiger partial charge on any atom is -0.370 e. The van der Waals surface area contributed by atoms with Crippen LogP contribution in [0.15, 0.2) is 65.8 Å². The van der Waals surface area contributed by atoms with Crippen molar-refractivity contribution in [1.82, 2.24) is 19.7 Å². The van der Waals surface area contributed by atoms with Gasteiger partial charge in [-0.1, -0.05) is 24.3 Å². The number of fused-ring (bicyclic) bond motifs is 2. The summed E-state index contributed by atoms with van der Waals surface area (Å²) >= 11 is 0. The van der Waals surface area contributed by atoms with Gasteiger partial charge in [-0.3, -0.25) is 14.0 Å². The van der Waals surface area contributed by atoms with Gasteiger partial charge >= 0.3 is 0 Å². The lowest BCUT2D eigenvalue weighted by molar-refractivity contribution is -0.119. The third-order valence-corrected chi connectivity index (χ3v) is 4.44. The lowest BCUT2D eigenvalue weighted by atomic mass is 10.1. The first-order valence-corrected chi connectivity index (χ1v) is 8.74. The second-order valence-corrected chi connectivity index (χ2v) is 6.22. The lowest BCUT2D eigenvalue weighted by Gasteiger charge is -2.08. The summed E-state index contributed by atoms with van der Waals surface area (Å²) in [6.45, 7) is 0.543. The predicted molar refractivity (Wildman–Crippen MR) is 105 cm³/mol. The molecule has 0 spiro atoms. The molecule has 136 valence electrons. The maximum Gasteiger partial charge on any atom is 0.281 e. The Labute approximate surface area is 155 Å². The van der Waals surface area contributed by atoms with Crippen LogP contribution in [0.3, 0.4) is 0 Å². The first-order valence-electron chi connectivity index (χ1n) is 8.74. The van der Waals surface area contributed by atoms with Gasteiger partial charge in [0.2, 0.25) is 5.91 Å². The van der Waals surface area contributed by atoms with Crippen LogP contribution in [-0.2, 0) is 11.2 Å². The molecule has 0 saturated heterocycles. The van der Waals surface area contributed by atoms with Crippen LogP contribution in [0.2, 0.25) is 0 Å². The molecule has 0 aliphatic rings. The van der Waals surface area contributed by atoms with E-state index < -0.39 is 0 Å². The molecule has 0 radical (unpaired) electrons. The summed E-state index contributed by atoms with van der Waals surface area (Å²) in [6, 6.07) is 13.4. The molecule has 7 nitrogen and oxygen atoms in total. The van der Waals surface area contributed by atoms with Gasteiger partial charge in [-0.05, 0) is 30.2 Å². The number of benzene rings is 1. The third-order valence-electron chi connectivity index (χ3n) is 4.44. The number of aromatic amines is 1. The highest BCUT2D eigenvalue weighted by Crippen LogP contribution is 2.17. The molecule has 0 aliphatic carbocycles. The Morgan fingerprint density at radius 2 is 2.00 bits per heavy atom. The van der Waals surface area contributed by atoms with E-state index in [2.05, 4.69) is 26.7 Å². The topological polar surface area (TPSA) is 91.3 Å². The maximum atomic E-state index is 12.4. The number of aromatic nitrogens is 3. The third kappa shape index (κ3) is 3.52. The number of hydrogen-bond donors (Lipinski definition) is 3. The van der Waals surface area contributed by atoms with E-state index in [9.17, 15) is 9.59 Å². The van der Waals surface area contributed by atoms with E-state index in [1.54, 1.807) is 18.3 Å². The summed E-state index contributed by atoms with van der Waals surface area (Å²) in [6.07, 6.45) is 5.81. The zero-order valence-electron chi connectivity index (χ0n) is 14.6. The Hall–Kier alpha value is -3.61. The molecule has 3 heterocycles. The van der Waals surface area contributed by atoms with Crippen LogP contribution < -0.4 is 16.2 Å². The average Bonchev–Trinajstić information content (AvgIpc) is 3.11. The van der Waals surface area contributed by atoms with Crippen LogP contribution in [0.1, 0.15) is 5.56 Å². The van der Waals surface area contributed by atoms with Gasteiger partial charge in [0, 0.05) is 29.8 Å². The number of nitrogens with zero attached hydrogens (tertiary/aromatic N) is 2. The Morgan fingerprint density at radius 1 is 1.15 bits per heavy atom. The van der Waals surface area contributed by atoms with Crippen molar-refractivity contribution < 1.29 is 4.79 Å². The molecule has 4 rings (SSSR count). The van der Waals surface area contributed by atoms with Crippen LogP contribution in [0.5, 0.6) is 0 Å². The molecular formula is C20H19N5O2. The van der Waals surface area contributed by atoms with E-state index in [-0.39, 0.29) is 18.0 Å². The summed E-state index contributed by atoms with van der Waals surface area (Å²) in [5.41, 5.74) is 2.88. The van der Waals surface area contributed by atoms with Gasteiger partial charge in [0.15, 0.2) is 0 Å². The Morgan fingerprint density at radius 3 is 2.93 bits per heavy atom. The predicted octanol–water partition coefficient (Wildman–Crippen LogP) is 1.95. The normalized spacial score (nSPS) is 11.0. The number of nitrogens with one attached hydrogen (secondary N) is 3. The lowest BCUT2D eigenvalue weighted by Crippen LogP contribution is -2.33. The van der Waals surface area contributed by atoms with Gasteiger partial charge in [0.05, 0.1) is 12.7 Å². The fourth-order valence-corrected chi connectivity index (χ4v) is 3.06. The molecule has 3 N–H and O–H groups in total. The standard InChI is InChI=1S/C20H19N5O2/c26-19(21-9-8-14-11-22-16-6-2-1-5-15(14)16)13-23-17-12-24-18-7-3-4-10-25(18)20(17)27/h1-7,10-12,22-23H,8-9,13H2,(H,21,26). The summed E-state index contributed by atoms with van der Waals surface area (Å²) < 4.78 is 1.44. The van der Waals surface area contributed by atoms with Crippen molar-refractivity contribution in [2.45, 2.75) is 6.42 Å². The molecule has 0 atom stereocenters. The fourth-order valence-electron chi connectivity index (χ4n) is 3.06. The van der Waals surface area contributed by atoms with E-state index in [1.165, 1.54) is 16.0 Å². The molecule has 4 aromatic rings. The van der Waals surface area contributed by atoms with Crippen molar-refractivity contribution in [3.05, 3.63) is 77.0 Å². The number of H-pyrrole nitrogens is 1. The highest BCUT2D eigenvalue weighted by Gasteiger charge is 2.07. The molecule has 0 saturated carbocycles. The monoisotopic (exact) mass is 361 g/mol. The van der Waals surface area contributed by atoms with Crippen molar-refractivity contribution in [2.24, 2.45) is 0 Å². The molecule has 0 unspecified atom stereocenters. The molecule has 1 amide bonds. The number of carbonyl (C=O) groups is 1. The Kier molecular flexibility index (Phi) is 4.57. The summed E-state index contributed by atoms with van der Waals surface area (Å²) in [5, 5.41) is 6.90. The van der Waals surface area contributed by atoms with E-state index in [0.717, 1.165) is 17.5 Å². The van der Waals surface area contributed by atoms with Gasteiger partial charge in [0.25, 0.3) is 5.56 Å². The molecule has 3 aromatic heterocycles. The van der Waals surface area contributed by atoms with Gasteiger partial charge in [-0.25, -0.2) is 4.98 Å². The minimum absolute atomic E-state index is 0.0176. The van der Waals surface area contributed by atoms with Crippen molar-refractivity contribution >= 4 is 28.1 Å². The van der Waals surface area contributed by atoms with Gasteiger partial charge in [-0.15, -0.1) is 0 Å². The van der Waals surface area contributed by atoms with E-state index >= 15 is 0 Å². The van der Waals surface area contributed by atoms with Crippen molar-refractivity contribution in [3.63, 3.8) is 0 Å². The Balaban J connectivity index is 1.32. The number of carbonyl (C=O) groups excluding carboxylic acids is 1. The minimum atomic E-state index is -0.229. The van der Waals surface area contributed by atoms with Crippen LogP contribution in [0.25, 0.3) is 16.6 Å². The van der Waals surface area contributed by atoms with E-state index in [0.29, 0.717) is 17.9 Å². The SMILES string of the molecule is O=C(CNc1cnc2ccccn2c1=O)NCCc1c[nH]c2ccccc12. The number of para-hydroxylation sites is 1. The molecular weight excluding hydrogens is 342 g/mol. The van der Waals surface area contributed by atoms with Crippen molar-refractivity contribution in [1.29, 1.82) is 0 Å². The zero-order chi connectivity index (χ0) is 18.6. The van der Waals surface area contributed by atoms with Crippen LogP contribution >= 0.6 is 0 Å². The molecule has 0 bridgehead atoms. The summed E-state index contributed by atoms with van der Waals surface area (Å²) in [5.74, 6) is -0.174. The molecule has 27 heavy (non-hydrogen) atoms. The second-order valence-electron chi connectivity index (χ2n) is 6.22. The van der Waals surface area contributed by atoms with E-state index in [4.69, 9.17) is 0 Å². The summed E-state index contributed by atoms with van der Waals surface area (Å²) in [7, 11) is 0. The smallest absolute Gasteiger partial charge is 0.281 e. The number of amides is 1. The van der Waals surface area contributed by atoms with E-state index in [1.807, 2.05) is 30.5 Å². The number of anilines is 1. The van der Waals surface area contributed by atoms with Crippen LogP contribution in [0, 0.1) is 0 Å². The molecule has 7 heteroatoms. The number of hydrogen-bond acceptors (Lipinski definition) is 4. The number of rotatable bonds is 6. The van der Waals surface area contributed by atoms with Crippen LogP contribution in [0.4, 0.5) is 5.69 Å². The van der Waals surface area contributed by atoms with Gasteiger partial charge < -0.3 is 15.6 Å². The average molecular weight is 361 g/mol.